The van der Waals surface area contributed by atoms with Crippen molar-refractivity contribution in [1.82, 2.24) is 5.32 Å². The van der Waals surface area contributed by atoms with Crippen LogP contribution in [-0.2, 0) is 14.8 Å². The van der Waals surface area contributed by atoms with Crippen molar-refractivity contribution in [3.63, 3.8) is 0 Å². The second-order valence-corrected chi connectivity index (χ2v) is 8.14. The van der Waals surface area contributed by atoms with Gasteiger partial charge >= 0.3 is 0 Å². The number of hydrogen-bond acceptors (Lipinski definition) is 3. The normalized spacial score (nSPS) is 12.4. The zero-order valence-corrected chi connectivity index (χ0v) is 16.0. The van der Waals surface area contributed by atoms with Crippen LogP contribution in [0.2, 0.25) is 0 Å². The van der Waals surface area contributed by atoms with Crippen LogP contribution in [0.15, 0.2) is 48.5 Å². The highest BCUT2D eigenvalue weighted by molar-refractivity contribution is 7.92. The minimum absolute atomic E-state index is 0.0158. The van der Waals surface area contributed by atoms with E-state index >= 15 is 0 Å². The Bertz CT molecular complexity index is 886. The lowest BCUT2D eigenvalue weighted by Gasteiger charge is -2.23. The second-order valence-electron chi connectivity index (χ2n) is 6.23. The van der Waals surface area contributed by atoms with Gasteiger partial charge in [-0.3, -0.25) is 9.10 Å². The van der Waals surface area contributed by atoms with Gasteiger partial charge in [0.1, 0.15) is 11.6 Å². The van der Waals surface area contributed by atoms with Gasteiger partial charge in [0.05, 0.1) is 18.0 Å². The number of para-hydroxylation sites is 1. The topological polar surface area (TPSA) is 66.5 Å². The van der Waals surface area contributed by atoms with E-state index in [-0.39, 0.29) is 42.8 Å². The summed E-state index contributed by atoms with van der Waals surface area (Å²) in [6.45, 7) is 1.76. The number of hydrogen-bond donors (Lipinski definition) is 1. The van der Waals surface area contributed by atoms with Crippen LogP contribution in [0.3, 0.4) is 0 Å². The smallest absolute Gasteiger partial charge is 0.232 e. The molecular weight excluding hydrogens is 374 g/mol. The van der Waals surface area contributed by atoms with Gasteiger partial charge in [0, 0.05) is 13.0 Å². The van der Waals surface area contributed by atoms with Gasteiger partial charge in [0.2, 0.25) is 15.9 Å². The number of anilines is 1. The molecule has 5 nitrogen and oxygen atoms in total. The van der Waals surface area contributed by atoms with E-state index < -0.39 is 15.8 Å². The molecule has 0 radical (unpaired) electrons. The first kappa shape index (κ1) is 20.8. The predicted octanol–water partition coefficient (Wildman–Crippen LogP) is 3.39. The van der Waals surface area contributed by atoms with Gasteiger partial charge in [0.25, 0.3) is 0 Å². The number of rotatable bonds is 8. The summed E-state index contributed by atoms with van der Waals surface area (Å²) in [7, 11) is -3.68. The molecule has 2 aromatic carbocycles. The molecule has 0 saturated heterocycles. The molecule has 0 aliphatic heterocycles. The number of carbonyl (C=O) groups excluding carboxylic acids is 1. The Morgan fingerprint density at radius 3 is 2.33 bits per heavy atom. The van der Waals surface area contributed by atoms with Crippen LogP contribution >= 0.6 is 0 Å². The Balaban J connectivity index is 1.93. The Kier molecular flexibility index (Phi) is 6.90. The monoisotopic (exact) mass is 396 g/mol. The number of sulfonamides is 1. The van der Waals surface area contributed by atoms with Gasteiger partial charge in [-0.1, -0.05) is 24.3 Å². The van der Waals surface area contributed by atoms with Crippen LogP contribution in [-0.4, -0.2) is 27.1 Å². The van der Waals surface area contributed by atoms with E-state index in [2.05, 4.69) is 5.32 Å². The minimum atomic E-state index is -3.68. The van der Waals surface area contributed by atoms with E-state index in [1.807, 2.05) is 0 Å². The highest BCUT2D eigenvalue weighted by atomic mass is 32.2. The fourth-order valence-corrected chi connectivity index (χ4v) is 3.62. The van der Waals surface area contributed by atoms with Gasteiger partial charge in [-0.25, -0.2) is 17.2 Å². The largest absolute Gasteiger partial charge is 0.350 e. The molecule has 0 unspecified atom stereocenters. The van der Waals surface area contributed by atoms with E-state index in [4.69, 9.17) is 0 Å². The van der Waals surface area contributed by atoms with Gasteiger partial charge in [-0.15, -0.1) is 0 Å². The molecule has 8 heteroatoms. The van der Waals surface area contributed by atoms with Crippen LogP contribution in [0.25, 0.3) is 0 Å². The van der Waals surface area contributed by atoms with Crippen LogP contribution < -0.4 is 9.62 Å². The van der Waals surface area contributed by atoms with Crippen molar-refractivity contribution in [1.29, 1.82) is 0 Å². The molecule has 1 N–H and O–H groups in total. The molecule has 0 heterocycles. The first-order valence-corrected chi connectivity index (χ1v) is 10.3. The van der Waals surface area contributed by atoms with Crippen molar-refractivity contribution in [2.75, 3.05) is 17.1 Å². The Labute approximate surface area is 158 Å². The van der Waals surface area contributed by atoms with Crippen LogP contribution in [0.1, 0.15) is 31.4 Å². The average Bonchev–Trinajstić information content (AvgIpc) is 2.59. The zero-order chi connectivity index (χ0) is 20.0. The van der Waals surface area contributed by atoms with E-state index in [0.717, 1.165) is 16.1 Å². The van der Waals surface area contributed by atoms with E-state index in [1.165, 1.54) is 30.3 Å². The number of nitrogens with zero attached hydrogens (tertiary/aromatic N) is 1. The van der Waals surface area contributed by atoms with Gasteiger partial charge in [-0.2, -0.15) is 0 Å². The summed E-state index contributed by atoms with van der Waals surface area (Å²) in [5, 5.41) is 2.78. The van der Waals surface area contributed by atoms with Crippen LogP contribution in [0.5, 0.6) is 0 Å². The summed E-state index contributed by atoms with van der Waals surface area (Å²) in [5.41, 5.74) is 0.717. The van der Waals surface area contributed by atoms with Crippen molar-refractivity contribution in [3.8, 4) is 0 Å². The van der Waals surface area contributed by atoms with E-state index in [0.29, 0.717) is 0 Å². The zero-order valence-electron chi connectivity index (χ0n) is 15.2. The number of halogens is 2. The number of nitrogens with one attached hydrogen (secondary N) is 1. The third-order valence-electron chi connectivity index (χ3n) is 4.03. The van der Waals surface area contributed by atoms with Gasteiger partial charge in [-0.05, 0) is 43.2 Å². The van der Waals surface area contributed by atoms with E-state index in [1.54, 1.807) is 25.1 Å². The summed E-state index contributed by atoms with van der Waals surface area (Å²) >= 11 is 0. The lowest BCUT2D eigenvalue weighted by molar-refractivity contribution is -0.121. The molecule has 1 atom stereocenters. The molecule has 2 aromatic rings. The quantitative estimate of drug-likeness (QED) is 0.744. The third kappa shape index (κ3) is 6.02. The highest BCUT2D eigenvalue weighted by Gasteiger charge is 2.20. The Morgan fingerprint density at radius 1 is 1.11 bits per heavy atom. The maximum atomic E-state index is 13.9. The first-order chi connectivity index (χ1) is 12.7. The molecule has 0 aliphatic rings. The number of amides is 1. The van der Waals surface area contributed by atoms with Crippen molar-refractivity contribution in [3.05, 3.63) is 65.7 Å². The van der Waals surface area contributed by atoms with Crippen molar-refractivity contribution >= 4 is 21.6 Å². The minimum Gasteiger partial charge on any atom is -0.350 e. The summed E-state index contributed by atoms with van der Waals surface area (Å²) in [5.74, 6) is -1.27. The molecule has 2 rings (SSSR count). The lowest BCUT2D eigenvalue weighted by atomic mass is 10.1. The van der Waals surface area contributed by atoms with Gasteiger partial charge in [0.15, 0.2) is 0 Å². The third-order valence-corrected chi connectivity index (χ3v) is 5.21. The molecule has 0 spiro atoms. The molecule has 1 amide bonds. The van der Waals surface area contributed by atoms with Crippen molar-refractivity contribution in [2.45, 2.75) is 25.8 Å². The second kappa shape index (κ2) is 8.94. The molecule has 0 saturated carbocycles. The Morgan fingerprint density at radius 2 is 1.74 bits per heavy atom. The standard InChI is InChI=1S/C19H22F2N2O3S/c1-14(15-9-11-16(20)12-10-15)22-19(24)8-5-13-23(27(2,25)26)18-7-4-3-6-17(18)21/h3-4,6-7,9-12,14H,5,8,13H2,1-2H3,(H,22,24)/t14-/m1/s1. The highest BCUT2D eigenvalue weighted by Crippen LogP contribution is 2.22. The summed E-state index contributed by atoms with van der Waals surface area (Å²) in [6, 6.07) is 11.1. The average molecular weight is 396 g/mol. The SMILES string of the molecule is C[C@@H](NC(=O)CCCN(c1ccccc1F)S(C)(=O)=O)c1ccc(F)cc1. The summed E-state index contributed by atoms with van der Waals surface area (Å²) in [4.78, 5) is 12.1. The predicted molar refractivity (Wildman–Crippen MR) is 101 cm³/mol. The fourth-order valence-electron chi connectivity index (χ4n) is 2.65. The number of carbonyl (C=O) groups is 1. The first-order valence-electron chi connectivity index (χ1n) is 8.45. The van der Waals surface area contributed by atoms with E-state index in [9.17, 15) is 22.0 Å². The van der Waals surface area contributed by atoms with Crippen molar-refractivity contribution < 1.29 is 22.0 Å². The molecule has 0 bridgehead atoms. The Hall–Kier alpha value is -2.48. The maximum Gasteiger partial charge on any atom is 0.232 e. The van der Waals surface area contributed by atoms with Gasteiger partial charge < -0.3 is 5.32 Å². The maximum absolute atomic E-state index is 13.9. The fraction of sp³-hybridized carbons (Fsp3) is 0.316. The molecular formula is C19H22F2N2O3S. The lowest BCUT2D eigenvalue weighted by Crippen LogP contribution is -2.33. The molecule has 27 heavy (non-hydrogen) atoms. The van der Waals surface area contributed by atoms with Crippen LogP contribution in [0.4, 0.5) is 14.5 Å². The molecule has 0 aliphatic carbocycles. The van der Waals surface area contributed by atoms with Crippen molar-refractivity contribution in [2.24, 2.45) is 0 Å². The van der Waals surface area contributed by atoms with Crippen LogP contribution in [0, 0.1) is 11.6 Å². The summed E-state index contributed by atoms with van der Waals surface area (Å²) in [6.07, 6.45) is 1.30. The summed E-state index contributed by atoms with van der Waals surface area (Å²) < 4.78 is 51.8. The molecule has 146 valence electrons. The molecule has 0 aromatic heterocycles. The number of benzene rings is 2. The molecule has 0 fully saturated rings.